The Morgan fingerprint density at radius 1 is 1.33 bits per heavy atom. The van der Waals surface area contributed by atoms with Gasteiger partial charge in [-0.1, -0.05) is 46.3 Å². The van der Waals surface area contributed by atoms with Crippen molar-refractivity contribution in [3.05, 3.63) is 35.9 Å². The van der Waals surface area contributed by atoms with Crippen molar-refractivity contribution in [2.24, 2.45) is 0 Å². The Morgan fingerprint density at radius 3 is 2.56 bits per heavy atom. The molecule has 0 aliphatic carbocycles. The SMILES string of the molecule is CCOC(=O)C(Cc1ccccc1)NC(=O)CBr. The normalized spacial score (nSPS) is 11.7. The molecule has 0 saturated heterocycles. The van der Waals surface area contributed by atoms with Crippen LogP contribution in [0.1, 0.15) is 12.5 Å². The number of alkyl halides is 1. The van der Waals surface area contributed by atoms with E-state index in [0.717, 1.165) is 5.56 Å². The van der Waals surface area contributed by atoms with E-state index in [1.807, 2.05) is 30.3 Å². The van der Waals surface area contributed by atoms with Gasteiger partial charge in [0.05, 0.1) is 11.9 Å². The predicted octanol–water partition coefficient (Wildman–Crippen LogP) is 1.67. The maximum Gasteiger partial charge on any atom is 0.328 e. The standard InChI is InChI=1S/C13H16BrNO3/c1-2-18-13(17)11(15-12(16)9-14)8-10-6-4-3-5-7-10/h3-7,11H,2,8-9H2,1H3,(H,15,16). The number of carbonyl (C=O) groups excluding carboxylic acids is 2. The summed E-state index contributed by atoms with van der Waals surface area (Å²) in [5, 5.41) is 2.80. The van der Waals surface area contributed by atoms with Crippen LogP contribution >= 0.6 is 15.9 Å². The summed E-state index contributed by atoms with van der Waals surface area (Å²) in [4.78, 5) is 23.1. The van der Waals surface area contributed by atoms with Crippen LogP contribution in [0.5, 0.6) is 0 Å². The van der Waals surface area contributed by atoms with Crippen LogP contribution in [0.3, 0.4) is 0 Å². The summed E-state index contributed by atoms with van der Waals surface area (Å²) in [6, 6.07) is 8.87. The number of esters is 1. The molecule has 0 fully saturated rings. The number of benzene rings is 1. The third-order valence-corrected chi connectivity index (χ3v) is 2.82. The largest absolute Gasteiger partial charge is 0.464 e. The van der Waals surface area contributed by atoms with Crippen LogP contribution in [-0.4, -0.2) is 29.9 Å². The summed E-state index contributed by atoms with van der Waals surface area (Å²) >= 11 is 3.05. The number of hydrogen-bond acceptors (Lipinski definition) is 3. The highest BCUT2D eigenvalue weighted by molar-refractivity contribution is 9.09. The van der Waals surface area contributed by atoms with E-state index in [-0.39, 0.29) is 11.2 Å². The Hall–Kier alpha value is -1.36. The monoisotopic (exact) mass is 313 g/mol. The topological polar surface area (TPSA) is 55.4 Å². The lowest BCUT2D eigenvalue weighted by molar-refractivity contribution is -0.147. The summed E-state index contributed by atoms with van der Waals surface area (Å²) in [6.45, 7) is 2.04. The highest BCUT2D eigenvalue weighted by Gasteiger charge is 2.21. The molecule has 1 aromatic carbocycles. The second kappa shape index (κ2) is 7.87. The Kier molecular flexibility index (Phi) is 6.43. The molecule has 0 saturated carbocycles. The molecule has 1 aromatic rings. The van der Waals surface area contributed by atoms with Gasteiger partial charge in [-0.05, 0) is 12.5 Å². The Morgan fingerprint density at radius 2 is 2.00 bits per heavy atom. The lowest BCUT2D eigenvalue weighted by atomic mass is 10.1. The van der Waals surface area contributed by atoms with Gasteiger partial charge in [0, 0.05) is 6.42 Å². The molecule has 0 aromatic heterocycles. The molecule has 5 heteroatoms. The van der Waals surface area contributed by atoms with Crippen molar-refractivity contribution in [3.63, 3.8) is 0 Å². The van der Waals surface area contributed by atoms with Crippen LogP contribution in [0.4, 0.5) is 0 Å². The van der Waals surface area contributed by atoms with Crippen molar-refractivity contribution in [2.45, 2.75) is 19.4 Å². The number of amides is 1. The Bertz CT molecular complexity index is 394. The molecule has 1 unspecified atom stereocenters. The molecule has 1 atom stereocenters. The van der Waals surface area contributed by atoms with E-state index in [0.29, 0.717) is 13.0 Å². The molecule has 0 aliphatic heterocycles. The molecule has 1 amide bonds. The van der Waals surface area contributed by atoms with Gasteiger partial charge in [0.25, 0.3) is 0 Å². The van der Waals surface area contributed by atoms with Crippen LogP contribution < -0.4 is 5.32 Å². The molecule has 1 rings (SSSR count). The maximum absolute atomic E-state index is 11.7. The molecule has 0 radical (unpaired) electrons. The molecule has 98 valence electrons. The second-order valence-corrected chi connectivity index (χ2v) is 4.26. The second-order valence-electron chi connectivity index (χ2n) is 3.70. The van der Waals surface area contributed by atoms with Gasteiger partial charge in [0.1, 0.15) is 6.04 Å². The number of carbonyl (C=O) groups is 2. The zero-order valence-corrected chi connectivity index (χ0v) is 11.8. The molecular formula is C13H16BrNO3. The molecule has 4 nitrogen and oxygen atoms in total. The predicted molar refractivity (Wildman–Crippen MR) is 72.5 cm³/mol. The van der Waals surface area contributed by atoms with Gasteiger partial charge >= 0.3 is 5.97 Å². The van der Waals surface area contributed by atoms with Gasteiger partial charge in [0.2, 0.25) is 5.91 Å². The van der Waals surface area contributed by atoms with Gasteiger partial charge in [0.15, 0.2) is 0 Å². The Balaban J connectivity index is 2.71. The van der Waals surface area contributed by atoms with Crippen molar-refractivity contribution in [1.29, 1.82) is 0 Å². The smallest absolute Gasteiger partial charge is 0.328 e. The van der Waals surface area contributed by atoms with Gasteiger partial charge in [-0.2, -0.15) is 0 Å². The summed E-state index contributed by atoms with van der Waals surface area (Å²) in [6.07, 6.45) is 0.429. The molecular weight excluding hydrogens is 298 g/mol. The lowest BCUT2D eigenvalue weighted by Gasteiger charge is -2.16. The van der Waals surface area contributed by atoms with E-state index in [4.69, 9.17) is 4.74 Å². The number of rotatable bonds is 6. The van der Waals surface area contributed by atoms with E-state index < -0.39 is 12.0 Å². The van der Waals surface area contributed by atoms with Gasteiger partial charge in [-0.25, -0.2) is 4.79 Å². The minimum Gasteiger partial charge on any atom is -0.464 e. The molecule has 18 heavy (non-hydrogen) atoms. The molecule has 0 spiro atoms. The zero-order chi connectivity index (χ0) is 13.4. The van der Waals surface area contributed by atoms with Gasteiger partial charge < -0.3 is 10.1 Å². The zero-order valence-electron chi connectivity index (χ0n) is 10.2. The highest BCUT2D eigenvalue weighted by atomic mass is 79.9. The minimum atomic E-state index is -0.641. The first-order valence-corrected chi connectivity index (χ1v) is 6.85. The molecule has 1 N–H and O–H groups in total. The first-order valence-electron chi connectivity index (χ1n) is 5.73. The minimum absolute atomic E-state index is 0.164. The third kappa shape index (κ3) is 4.87. The molecule has 0 aliphatic rings. The van der Waals surface area contributed by atoms with E-state index in [1.165, 1.54) is 0 Å². The summed E-state index contributed by atoms with van der Waals surface area (Å²) in [7, 11) is 0. The molecule has 0 bridgehead atoms. The van der Waals surface area contributed by atoms with Crippen molar-refractivity contribution in [3.8, 4) is 0 Å². The van der Waals surface area contributed by atoms with Crippen molar-refractivity contribution in [1.82, 2.24) is 5.32 Å². The van der Waals surface area contributed by atoms with Crippen LogP contribution in [-0.2, 0) is 20.7 Å². The van der Waals surface area contributed by atoms with Crippen molar-refractivity contribution < 1.29 is 14.3 Å². The summed E-state index contributed by atoms with van der Waals surface area (Å²) in [5.74, 6) is -0.639. The van der Waals surface area contributed by atoms with E-state index in [1.54, 1.807) is 6.92 Å². The number of hydrogen-bond donors (Lipinski definition) is 1. The van der Waals surface area contributed by atoms with Crippen molar-refractivity contribution in [2.75, 3.05) is 11.9 Å². The fraction of sp³-hybridized carbons (Fsp3) is 0.385. The third-order valence-electron chi connectivity index (χ3n) is 2.31. The van der Waals surface area contributed by atoms with Crippen LogP contribution in [0.2, 0.25) is 0 Å². The fourth-order valence-corrected chi connectivity index (χ4v) is 1.68. The van der Waals surface area contributed by atoms with E-state index in [2.05, 4.69) is 21.2 Å². The van der Waals surface area contributed by atoms with E-state index in [9.17, 15) is 9.59 Å². The summed E-state index contributed by atoms with van der Waals surface area (Å²) in [5.41, 5.74) is 0.977. The van der Waals surface area contributed by atoms with Crippen LogP contribution in [0.15, 0.2) is 30.3 Å². The quantitative estimate of drug-likeness (QED) is 0.642. The molecule has 0 heterocycles. The summed E-state index contributed by atoms with van der Waals surface area (Å²) < 4.78 is 4.95. The number of ether oxygens (including phenoxy) is 1. The highest BCUT2D eigenvalue weighted by Crippen LogP contribution is 2.05. The number of halogens is 1. The van der Waals surface area contributed by atoms with Crippen molar-refractivity contribution >= 4 is 27.8 Å². The first-order chi connectivity index (χ1) is 8.67. The number of nitrogens with one attached hydrogen (secondary N) is 1. The van der Waals surface area contributed by atoms with Crippen LogP contribution in [0.25, 0.3) is 0 Å². The average Bonchev–Trinajstić information content (AvgIpc) is 2.39. The fourth-order valence-electron chi connectivity index (χ4n) is 1.52. The maximum atomic E-state index is 11.7. The van der Waals surface area contributed by atoms with Crippen LogP contribution in [0, 0.1) is 0 Å². The van der Waals surface area contributed by atoms with Gasteiger partial charge in [-0.15, -0.1) is 0 Å². The van der Waals surface area contributed by atoms with Gasteiger partial charge in [-0.3, -0.25) is 4.79 Å². The average molecular weight is 314 g/mol. The lowest BCUT2D eigenvalue weighted by Crippen LogP contribution is -2.43. The Labute approximate surface area is 115 Å². The first kappa shape index (κ1) is 14.7. The van der Waals surface area contributed by atoms with E-state index >= 15 is 0 Å².